The topological polar surface area (TPSA) is 124 Å². The highest BCUT2D eigenvalue weighted by molar-refractivity contribution is 6.15. The molecule has 0 spiro atoms. The van der Waals surface area contributed by atoms with Crippen molar-refractivity contribution in [1.82, 2.24) is 0 Å². The molecule has 8 heteroatoms. The lowest BCUT2D eigenvalue weighted by Crippen LogP contribution is -2.75. The van der Waals surface area contributed by atoms with Crippen LogP contribution < -0.4 is 0 Å². The van der Waals surface area contributed by atoms with Crippen molar-refractivity contribution in [2.75, 3.05) is 7.11 Å². The first-order valence-corrected chi connectivity index (χ1v) is 11.8. The maximum atomic E-state index is 13.8. The van der Waals surface area contributed by atoms with Crippen molar-refractivity contribution in [2.24, 2.45) is 39.4 Å². The van der Waals surface area contributed by atoms with Gasteiger partial charge in [0, 0.05) is 23.2 Å². The molecule has 1 N–H and O–H groups in total. The van der Waals surface area contributed by atoms with Crippen LogP contribution in [0.3, 0.4) is 0 Å². The van der Waals surface area contributed by atoms with E-state index in [1.807, 2.05) is 13.0 Å². The Kier molecular flexibility index (Phi) is 5.00. The van der Waals surface area contributed by atoms with Crippen LogP contribution in [0.25, 0.3) is 0 Å². The van der Waals surface area contributed by atoms with Crippen molar-refractivity contribution < 1.29 is 38.6 Å². The number of aliphatic hydroxyl groups is 1. The molecule has 0 aromatic rings. The van der Waals surface area contributed by atoms with Crippen molar-refractivity contribution in [1.29, 1.82) is 0 Å². The Morgan fingerprint density at radius 2 is 1.65 bits per heavy atom. The first-order valence-electron chi connectivity index (χ1n) is 11.8. The van der Waals surface area contributed by atoms with E-state index < -0.39 is 74.6 Å². The molecule has 1 aliphatic heterocycles. The number of hydrogen-bond acceptors (Lipinski definition) is 8. The summed E-state index contributed by atoms with van der Waals surface area (Å²) in [5.41, 5.74) is -6.12. The van der Waals surface area contributed by atoms with Gasteiger partial charge in [0.2, 0.25) is 0 Å². The Hall–Kier alpha value is -2.35. The minimum absolute atomic E-state index is 0.0263. The molecule has 3 fully saturated rings. The number of methoxy groups -OCH3 is 1. The van der Waals surface area contributed by atoms with Crippen LogP contribution in [-0.2, 0) is 33.4 Å². The van der Waals surface area contributed by atoms with Gasteiger partial charge in [-0.1, -0.05) is 39.3 Å². The van der Waals surface area contributed by atoms with Crippen LogP contribution in [0.1, 0.15) is 61.3 Å². The largest absolute Gasteiger partial charge is 0.466 e. The zero-order valence-electron chi connectivity index (χ0n) is 21.1. The molecule has 34 heavy (non-hydrogen) atoms. The van der Waals surface area contributed by atoms with Crippen LogP contribution >= 0.6 is 0 Å². The molecule has 4 rings (SSSR count). The highest BCUT2D eigenvalue weighted by atomic mass is 16.6. The van der Waals surface area contributed by atoms with Crippen LogP contribution in [0, 0.1) is 39.4 Å². The van der Waals surface area contributed by atoms with Crippen LogP contribution in [0.5, 0.6) is 0 Å². The minimum Gasteiger partial charge on any atom is -0.466 e. The van der Waals surface area contributed by atoms with Crippen LogP contribution in [0.4, 0.5) is 0 Å². The van der Waals surface area contributed by atoms with Gasteiger partial charge in [-0.25, -0.2) is 4.79 Å². The second-order valence-electron chi connectivity index (χ2n) is 12.0. The second-order valence-corrected chi connectivity index (χ2v) is 12.0. The summed E-state index contributed by atoms with van der Waals surface area (Å²) in [6.45, 7) is 11.6. The van der Waals surface area contributed by atoms with Gasteiger partial charge in [-0.2, -0.15) is 0 Å². The van der Waals surface area contributed by atoms with Gasteiger partial charge in [0.1, 0.15) is 11.9 Å². The number of allylic oxidation sites excluding steroid dienone is 2. The van der Waals surface area contributed by atoms with Crippen LogP contribution in [0.15, 0.2) is 11.6 Å². The number of aliphatic hydroxyl groups excluding tert-OH is 1. The molecule has 0 radical (unpaired) electrons. The van der Waals surface area contributed by atoms with E-state index >= 15 is 0 Å². The van der Waals surface area contributed by atoms with Gasteiger partial charge in [-0.3, -0.25) is 19.2 Å². The molecule has 4 aliphatic rings. The first-order chi connectivity index (χ1) is 15.5. The Morgan fingerprint density at radius 3 is 2.21 bits per heavy atom. The van der Waals surface area contributed by atoms with Gasteiger partial charge < -0.3 is 14.6 Å². The Bertz CT molecular complexity index is 1070. The second kappa shape index (κ2) is 6.86. The average Bonchev–Trinajstić information content (AvgIpc) is 2.75. The molecule has 3 aliphatic carbocycles. The van der Waals surface area contributed by atoms with Gasteiger partial charge in [-0.15, -0.1) is 0 Å². The molecule has 8 nitrogen and oxygen atoms in total. The van der Waals surface area contributed by atoms with Gasteiger partial charge >= 0.3 is 11.9 Å². The van der Waals surface area contributed by atoms with E-state index in [1.54, 1.807) is 34.6 Å². The molecule has 0 bridgehead atoms. The Morgan fingerprint density at radius 1 is 1.06 bits per heavy atom. The fourth-order valence-electron chi connectivity index (χ4n) is 8.11. The summed E-state index contributed by atoms with van der Waals surface area (Å²) in [6.07, 6.45) is 1.000. The number of esters is 2. The van der Waals surface area contributed by atoms with Crippen molar-refractivity contribution in [3.63, 3.8) is 0 Å². The van der Waals surface area contributed by atoms with E-state index in [-0.39, 0.29) is 12.2 Å². The third-order valence-corrected chi connectivity index (χ3v) is 9.97. The summed E-state index contributed by atoms with van der Waals surface area (Å²) < 4.78 is 10.2. The molecule has 0 aromatic heterocycles. The number of rotatable bonds is 1. The predicted octanol–water partition coefficient (Wildman–Crippen LogP) is 2.20. The van der Waals surface area contributed by atoms with E-state index in [1.165, 1.54) is 6.92 Å². The van der Waals surface area contributed by atoms with Gasteiger partial charge in [0.25, 0.3) is 5.60 Å². The number of carbonyl (C=O) groups excluding carboxylic acids is 5. The standard InChI is InChI=1S/C26H34O8/c1-12-11-13-23(4)10-9-14(27)22(2,3)16(23)15(28)18(29)25(13,6)17-19(30)34-26(7,21(32)33-8)20(31)24(12,17)5/h11,13,16-18,29H,9-10H2,1-8H3/t13-,16+,17-,18+,23-,24+,25-,26-/m0/s1. The fraction of sp³-hybridized carbons (Fsp3) is 0.731. The van der Waals surface area contributed by atoms with Gasteiger partial charge in [0.05, 0.1) is 18.4 Å². The van der Waals surface area contributed by atoms with E-state index in [9.17, 15) is 29.1 Å². The molecular formula is C26H34O8. The molecule has 1 saturated heterocycles. The Balaban J connectivity index is 1.98. The molecule has 2 saturated carbocycles. The summed E-state index contributed by atoms with van der Waals surface area (Å²) in [5, 5.41) is 11.5. The maximum absolute atomic E-state index is 13.8. The SMILES string of the molecule is COC(=O)[C@@]1(C)OC(=O)[C@H]2[C@](C)(C1=O)C(C)=C[C@H]1[C@]3(C)CCC(=O)C(C)(C)[C@H]3C(=O)[C@@H](O)[C@]21C. The van der Waals surface area contributed by atoms with Crippen molar-refractivity contribution in [2.45, 2.75) is 73.0 Å². The highest BCUT2D eigenvalue weighted by Crippen LogP contribution is 2.70. The van der Waals surface area contributed by atoms with Gasteiger partial charge in [-0.05, 0) is 38.5 Å². The number of fused-ring (bicyclic) bond motifs is 5. The lowest BCUT2D eigenvalue weighted by molar-refractivity contribution is -0.228. The van der Waals surface area contributed by atoms with E-state index in [0.717, 1.165) is 7.11 Å². The summed E-state index contributed by atoms with van der Waals surface area (Å²) in [7, 11) is 1.11. The number of cyclic esters (lactones) is 1. The van der Waals surface area contributed by atoms with Crippen LogP contribution in [0.2, 0.25) is 0 Å². The lowest BCUT2D eigenvalue weighted by atomic mass is 9.36. The maximum Gasteiger partial charge on any atom is 0.358 e. The average molecular weight is 475 g/mol. The summed E-state index contributed by atoms with van der Waals surface area (Å²) in [5.74, 6) is -5.38. The van der Waals surface area contributed by atoms with Crippen molar-refractivity contribution in [3.05, 3.63) is 11.6 Å². The smallest absolute Gasteiger partial charge is 0.358 e. The number of carbonyl (C=O) groups is 5. The third kappa shape index (κ3) is 2.50. The van der Waals surface area contributed by atoms with E-state index in [0.29, 0.717) is 12.0 Å². The molecule has 186 valence electrons. The predicted molar refractivity (Wildman–Crippen MR) is 119 cm³/mol. The fourth-order valence-corrected chi connectivity index (χ4v) is 8.11. The molecule has 8 atom stereocenters. The third-order valence-electron chi connectivity index (χ3n) is 9.97. The normalized spacial score (nSPS) is 47.6. The minimum atomic E-state index is -2.13. The first kappa shape index (κ1) is 24.8. The highest BCUT2D eigenvalue weighted by Gasteiger charge is 2.76. The van der Waals surface area contributed by atoms with E-state index in [2.05, 4.69) is 0 Å². The Labute approximate surface area is 199 Å². The number of ketones is 3. The van der Waals surface area contributed by atoms with Crippen molar-refractivity contribution >= 4 is 29.3 Å². The monoisotopic (exact) mass is 474 g/mol. The molecule has 0 unspecified atom stereocenters. The van der Waals surface area contributed by atoms with Gasteiger partial charge in [0.15, 0.2) is 11.6 Å². The molecular weight excluding hydrogens is 440 g/mol. The summed E-state index contributed by atoms with van der Waals surface area (Å²) >= 11 is 0. The zero-order chi connectivity index (χ0) is 25.8. The van der Waals surface area contributed by atoms with Crippen LogP contribution in [-0.4, -0.2) is 53.2 Å². The van der Waals surface area contributed by atoms with Crippen molar-refractivity contribution in [3.8, 4) is 0 Å². The summed E-state index contributed by atoms with van der Waals surface area (Å²) in [6, 6.07) is 0. The molecule has 1 heterocycles. The zero-order valence-corrected chi connectivity index (χ0v) is 21.1. The molecule has 0 amide bonds. The number of hydrogen-bond donors (Lipinski definition) is 1. The quantitative estimate of drug-likeness (QED) is 0.348. The molecule has 0 aromatic carbocycles. The van der Waals surface area contributed by atoms with E-state index in [4.69, 9.17) is 9.47 Å². The number of Topliss-reactive ketones (excluding diaryl/α,β-unsaturated/α-hetero) is 3. The summed E-state index contributed by atoms with van der Waals surface area (Å²) in [4.78, 5) is 66.6. The lowest BCUT2D eigenvalue weighted by Gasteiger charge is -2.67. The number of ether oxygens (including phenoxy) is 2.